The molecule has 4 fully saturated rings. The lowest BCUT2D eigenvalue weighted by molar-refractivity contribution is -0.124. The molecule has 25 heavy (non-hydrogen) atoms. The summed E-state index contributed by atoms with van der Waals surface area (Å²) in [6.45, 7) is 2.97. The van der Waals surface area contributed by atoms with Crippen LogP contribution in [0.2, 0.25) is 0 Å². The van der Waals surface area contributed by atoms with E-state index in [2.05, 4.69) is 33.7 Å². The smallest absolute Gasteiger partial charge is 0.237 e. The van der Waals surface area contributed by atoms with Gasteiger partial charge < -0.3 is 10.6 Å². The lowest BCUT2D eigenvalue weighted by Gasteiger charge is -2.34. The van der Waals surface area contributed by atoms with Crippen LogP contribution in [0.1, 0.15) is 51.9 Å². The standard InChI is InChI=1S/C18H32FN5O/c1-10-5-6-14(19)13-8-15(23-16(10)13)18(25)22-12-4-2-3-11(7-12)17-20-9-21-24-17/h10-17,20-21,23-24H,2-9H2,1H3,(H,22,25). The van der Waals surface area contributed by atoms with Gasteiger partial charge in [0.15, 0.2) is 0 Å². The second-order valence-electron chi connectivity index (χ2n) is 8.53. The van der Waals surface area contributed by atoms with Gasteiger partial charge in [-0.3, -0.25) is 10.1 Å². The van der Waals surface area contributed by atoms with Gasteiger partial charge in [0, 0.05) is 18.0 Å². The van der Waals surface area contributed by atoms with Crippen LogP contribution in [0.3, 0.4) is 0 Å². The third-order valence-corrected chi connectivity index (χ3v) is 6.86. The van der Waals surface area contributed by atoms with E-state index < -0.39 is 6.17 Å². The second kappa shape index (κ2) is 7.47. The zero-order chi connectivity index (χ0) is 17.4. The number of alkyl halides is 1. The molecule has 6 nitrogen and oxygen atoms in total. The van der Waals surface area contributed by atoms with Crippen molar-refractivity contribution in [2.24, 2.45) is 17.8 Å². The quantitative estimate of drug-likeness (QED) is 0.518. The summed E-state index contributed by atoms with van der Waals surface area (Å²) in [5, 5.41) is 10.1. The fourth-order valence-corrected chi connectivity index (χ4v) is 5.42. The van der Waals surface area contributed by atoms with Gasteiger partial charge in [0.05, 0.1) is 18.9 Å². The molecule has 0 bridgehead atoms. The van der Waals surface area contributed by atoms with Gasteiger partial charge in [0.25, 0.3) is 0 Å². The summed E-state index contributed by atoms with van der Waals surface area (Å²) in [7, 11) is 0. The molecule has 0 radical (unpaired) electrons. The first kappa shape index (κ1) is 17.6. The molecule has 2 heterocycles. The number of halogens is 1. The summed E-state index contributed by atoms with van der Waals surface area (Å²) in [5.74, 6) is 1.07. The van der Waals surface area contributed by atoms with Crippen LogP contribution in [0.25, 0.3) is 0 Å². The van der Waals surface area contributed by atoms with E-state index >= 15 is 0 Å². The number of hydrazine groups is 1. The first-order valence-electron chi connectivity index (χ1n) is 10.0. The summed E-state index contributed by atoms with van der Waals surface area (Å²) in [5.41, 5.74) is 6.38. The summed E-state index contributed by atoms with van der Waals surface area (Å²) in [6.07, 6.45) is 6.13. The van der Waals surface area contributed by atoms with E-state index in [0.717, 1.165) is 32.4 Å². The van der Waals surface area contributed by atoms with Crippen LogP contribution in [0.5, 0.6) is 0 Å². The first-order chi connectivity index (χ1) is 12.1. The minimum Gasteiger partial charge on any atom is -0.352 e. The molecule has 2 aliphatic carbocycles. The predicted molar refractivity (Wildman–Crippen MR) is 94.1 cm³/mol. The van der Waals surface area contributed by atoms with Crippen molar-refractivity contribution < 1.29 is 9.18 Å². The van der Waals surface area contributed by atoms with Crippen molar-refractivity contribution in [2.75, 3.05) is 6.67 Å². The van der Waals surface area contributed by atoms with Crippen LogP contribution >= 0.6 is 0 Å². The van der Waals surface area contributed by atoms with Gasteiger partial charge in [-0.2, -0.15) is 0 Å². The van der Waals surface area contributed by atoms with Crippen molar-refractivity contribution in [1.82, 2.24) is 26.8 Å². The van der Waals surface area contributed by atoms with Gasteiger partial charge in [-0.1, -0.05) is 13.3 Å². The lowest BCUT2D eigenvalue weighted by Crippen LogP contribution is -2.51. The summed E-state index contributed by atoms with van der Waals surface area (Å²) < 4.78 is 14.2. The largest absolute Gasteiger partial charge is 0.352 e. The minimum atomic E-state index is -0.752. The number of hydrogen-bond acceptors (Lipinski definition) is 5. The molecule has 2 aliphatic heterocycles. The van der Waals surface area contributed by atoms with Crippen molar-refractivity contribution in [1.29, 1.82) is 0 Å². The van der Waals surface area contributed by atoms with Gasteiger partial charge in [-0.25, -0.2) is 15.2 Å². The number of rotatable bonds is 3. The minimum absolute atomic E-state index is 0.0107. The fourth-order valence-electron chi connectivity index (χ4n) is 5.42. The number of hydrogen-bond donors (Lipinski definition) is 5. The van der Waals surface area contributed by atoms with Crippen LogP contribution in [-0.4, -0.2) is 43.0 Å². The van der Waals surface area contributed by atoms with Crippen molar-refractivity contribution in [3.8, 4) is 0 Å². The molecule has 4 aliphatic rings. The van der Waals surface area contributed by atoms with E-state index in [1.165, 1.54) is 6.42 Å². The van der Waals surface area contributed by atoms with E-state index in [4.69, 9.17) is 0 Å². The van der Waals surface area contributed by atoms with Crippen molar-refractivity contribution in [3.63, 3.8) is 0 Å². The topological polar surface area (TPSA) is 77.2 Å². The van der Waals surface area contributed by atoms with Crippen molar-refractivity contribution >= 4 is 5.91 Å². The maximum absolute atomic E-state index is 14.2. The second-order valence-corrected chi connectivity index (χ2v) is 8.53. The number of fused-ring (bicyclic) bond motifs is 1. The summed E-state index contributed by atoms with van der Waals surface area (Å²) >= 11 is 0. The molecule has 142 valence electrons. The number of carbonyl (C=O) groups excluding carboxylic acids is 1. The monoisotopic (exact) mass is 353 g/mol. The van der Waals surface area contributed by atoms with E-state index in [-0.39, 0.29) is 30.0 Å². The average Bonchev–Trinajstić information content (AvgIpc) is 3.28. The van der Waals surface area contributed by atoms with Gasteiger partial charge in [0.2, 0.25) is 5.91 Å². The SMILES string of the molecule is CC1CCC(F)C2CC(C(=O)NC3CCCC(C4NCNN4)C3)NC12. The highest BCUT2D eigenvalue weighted by Gasteiger charge is 2.46. The van der Waals surface area contributed by atoms with Gasteiger partial charge in [-0.05, 0) is 50.4 Å². The summed E-state index contributed by atoms with van der Waals surface area (Å²) in [4.78, 5) is 12.8. The Morgan fingerprint density at radius 2 is 2.04 bits per heavy atom. The van der Waals surface area contributed by atoms with E-state index in [0.29, 0.717) is 30.8 Å². The van der Waals surface area contributed by atoms with Crippen LogP contribution in [0.4, 0.5) is 4.39 Å². The molecular weight excluding hydrogens is 321 g/mol. The number of amides is 1. The molecular formula is C18H32FN5O. The molecule has 5 N–H and O–H groups in total. The van der Waals surface area contributed by atoms with Gasteiger partial charge >= 0.3 is 0 Å². The highest BCUT2D eigenvalue weighted by atomic mass is 19.1. The Bertz CT molecular complexity index is 468. The third-order valence-electron chi connectivity index (χ3n) is 6.86. The zero-order valence-electron chi connectivity index (χ0n) is 15.1. The van der Waals surface area contributed by atoms with Crippen LogP contribution in [0.15, 0.2) is 0 Å². The molecule has 1 amide bonds. The first-order valence-corrected chi connectivity index (χ1v) is 10.0. The van der Waals surface area contributed by atoms with E-state index in [1.54, 1.807) is 0 Å². The Labute approximate surface area is 149 Å². The Kier molecular flexibility index (Phi) is 5.27. The van der Waals surface area contributed by atoms with Crippen LogP contribution in [0, 0.1) is 17.8 Å². The molecule has 4 rings (SSSR count). The molecule has 8 unspecified atom stereocenters. The lowest BCUT2D eigenvalue weighted by atomic mass is 9.77. The summed E-state index contributed by atoms with van der Waals surface area (Å²) in [6, 6.07) is 0.175. The molecule has 0 spiro atoms. The normalized spacial score (nSPS) is 47.4. The predicted octanol–water partition coefficient (Wildman–Crippen LogP) is 0.757. The fraction of sp³-hybridized carbons (Fsp3) is 0.944. The average molecular weight is 353 g/mol. The molecule has 2 saturated carbocycles. The molecule has 0 aromatic heterocycles. The number of nitrogens with one attached hydrogen (secondary N) is 5. The Morgan fingerprint density at radius 3 is 2.80 bits per heavy atom. The Morgan fingerprint density at radius 1 is 1.16 bits per heavy atom. The third kappa shape index (κ3) is 3.70. The highest BCUT2D eigenvalue weighted by molar-refractivity contribution is 5.82. The van der Waals surface area contributed by atoms with Crippen molar-refractivity contribution in [2.45, 2.75) is 82.3 Å². The zero-order valence-corrected chi connectivity index (χ0v) is 15.1. The molecule has 0 aromatic rings. The van der Waals surface area contributed by atoms with Crippen LogP contribution < -0.4 is 26.8 Å². The van der Waals surface area contributed by atoms with Gasteiger partial charge in [-0.15, -0.1) is 0 Å². The van der Waals surface area contributed by atoms with Crippen molar-refractivity contribution in [3.05, 3.63) is 0 Å². The maximum atomic E-state index is 14.2. The molecule has 2 saturated heterocycles. The highest BCUT2D eigenvalue weighted by Crippen LogP contribution is 2.38. The molecule has 7 heteroatoms. The Balaban J connectivity index is 1.31. The van der Waals surface area contributed by atoms with E-state index in [9.17, 15) is 9.18 Å². The van der Waals surface area contributed by atoms with Gasteiger partial charge in [0.1, 0.15) is 6.17 Å². The van der Waals surface area contributed by atoms with Crippen LogP contribution in [-0.2, 0) is 4.79 Å². The Hall–Kier alpha value is -0.760. The molecule has 8 atom stereocenters. The molecule has 0 aromatic carbocycles. The maximum Gasteiger partial charge on any atom is 0.237 e. The number of carbonyl (C=O) groups is 1. The van der Waals surface area contributed by atoms with E-state index in [1.807, 2.05) is 0 Å².